The first-order valence-electron chi connectivity index (χ1n) is 7.39. The number of hydrogen-bond donors (Lipinski definition) is 0. The average molecular weight is 250 g/mol. The third-order valence-corrected chi connectivity index (χ3v) is 3.24. The molecule has 1 aliphatic rings. The van der Waals surface area contributed by atoms with Crippen LogP contribution < -0.4 is 0 Å². The second-order valence-corrected chi connectivity index (χ2v) is 4.93. The number of esters is 1. The Bertz CT molecular complexity index is 266. The van der Waals surface area contributed by atoms with Crippen LogP contribution in [0.4, 0.5) is 0 Å². The van der Waals surface area contributed by atoms with Crippen molar-refractivity contribution in [1.29, 1.82) is 0 Å². The summed E-state index contributed by atoms with van der Waals surface area (Å²) in [5.74, 6) is -0.219. The molecule has 0 N–H and O–H groups in total. The van der Waals surface area contributed by atoms with Gasteiger partial charge in [-0.2, -0.15) is 0 Å². The zero-order chi connectivity index (χ0) is 12.9. The van der Waals surface area contributed by atoms with Gasteiger partial charge in [0.25, 0.3) is 0 Å². The maximum Gasteiger partial charge on any atom is 0.330 e. The van der Waals surface area contributed by atoms with Gasteiger partial charge in [0.05, 0.1) is 6.61 Å². The van der Waals surface area contributed by atoms with Gasteiger partial charge in [-0.05, 0) is 19.3 Å². The standard InChI is InChI=1S/C16H26O2/c17-16-14-12-10-8-6-4-2-1-3-5-7-9-11-13-15-18-16/h8,10,12,14H,1-7,9,11,13,15H2/b10-8+,14-12-. The SMILES string of the molecule is O=C1/C=C\C=C\CCCCCCCCCCCO1. The van der Waals surface area contributed by atoms with Gasteiger partial charge in [0.2, 0.25) is 0 Å². The Kier molecular flexibility index (Phi) is 9.23. The maximum absolute atomic E-state index is 11.3. The second-order valence-electron chi connectivity index (χ2n) is 4.93. The number of hydrogen-bond acceptors (Lipinski definition) is 2. The van der Waals surface area contributed by atoms with Crippen molar-refractivity contribution in [1.82, 2.24) is 0 Å². The minimum absolute atomic E-state index is 0.219. The highest BCUT2D eigenvalue weighted by Gasteiger charge is 1.97. The van der Waals surface area contributed by atoms with Gasteiger partial charge in [-0.1, -0.05) is 63.2 Å². The van der Waals surface area contributed by atoms with Crippen LogP contribution in [0.1, 0.15) is 64.2 Å². The van der Waals surface area contributed by atoms with Crippen LogP contribution in [0.2, 0.25) is 0 Å². The molecule has 0 amide bonds. The third kappa shape index (κ3) is 9.03. The third-order valence-electron chi connectivity index (χ3n) is 3.24. The Balaban J connectivity index is 2.26. The lowest BCUT2D eigenvalue weighted by molar-refractivity contribution is -0.137. The predicted octanol–water partition coefficient (Wildman–Crippen LogP) is 4.56. The summed E-state index contributed by atoms with van der Waals surface area (Å²) in [5, 5.41) is 0. The monoisotopic (exact) mass is 250 g/mol. The minimum atomic E-state index is -0.219. The van der Waals surface area contributed by atoms with Crippen LogP contribution in [0, 0.1) is 0 Å². The molecule has 0 bridgehead atoms. The Hall–Kier alpha value is -1.05. The highest BCUT2D eigenvalue weighted by molar-refractivity contribution is 5.82. The molecule has 1 heterocycles. The van der Waals surface area contributed by atoms with E-state index in [-0.39, 0.29) is 5.97 Å². The van der Waals surface area contributed by atoms with Crippen molar-refractivity contribution < 1.29 is 9.53 Å². The first-order valence-corrected chi connectivity index (χ1v) is 7.39. The molecule has 0 spiro atoms. The lowest BCUT2D eigenvalue weighted by atomic mass is 10.1. The normalized spacial score (nSPS) is 24.8. The smallest absolute Gasteiger partial charge is 0.330 e. The van der Waals surface area contributed by atoms with Gasteiger partial charge >= 0.3 is 5.97 Å². The van der Waals surface area contributed by atoms with Crippen molar-refractivity contribution in [2.75, 3.05) is 6.61 Å². The molecule has 0 fully saturated rings. The Morgan fingerprint density at radius 1 is 0.778 bits per heavy atom. The van der Waals surface area contributed by atoms with E-state index in [2.05, 4.69) is 6.08 Å². The molecular formula is C16H26O2. The number of carbonyl (C=O) groups excluding carboxylic acids is 1. The second kappa shape index (κ2) is 11.1. The first-order chi connectivity index (χ1) is 8.89. The highest BCUT2D eigenvalue weighted by atomic mass is 16.5. The van der Waals surface area contributed by atoms with Crippen LogP contribution in [0.3, 0.4) is 0 Å². The summed E-state index contributed by atoms with van der Waals surface area (Å²) in [7, 11) is 0. The molecule has 0 unspecified atom stereocenters. The lowest BCUT2D eigenvalue weighted by Gasteiger charge is -2.03. The molecule has 102 valence electrons. The number of rotatable bonds is 0. The predicted molar refractivity (Wildman–Crippen MR) is 75.4 cm³/mol. The summed E-state index contributed by atoms with van der Waals surface area (Å²) in [6.07, 6.45) is 19.9. The van der Waals surface area contributed by atoms with E-state index in [4.69, 9.17) is 4.74 Å². The van der Waals surface area contributed by atoms with Crippen LogP contribution in [0.15, 0.2) is 24.3 Å². The molecule has 0 aliphatic carbocycles. The molecule has 0 saturated carbocycles. The lowest BCUT2D eigenvalue weighted by Crippen LogP contribution is -2.01. The molecule has 0 radical (unpaired) electrons. The van der Waals surface area contributed by atoms with Gasteiger partial charge in [-0.15, -0.1) is 0 Å². The largest absolute Gasteiger partial charge is 0.463 e. The number of carbonyl (C=O) groups is 1. The van der Waals surface area contributed by atoms with E-state index < -0.39 is 0 Å². The van der Waals surface area contributed by atoms with E-state index in [9.17, 15) is 4.79 Å². The van der Waals surface area contributed by atoms with Crippen LogP contribution in [0.5, 0.6) is 0 Å². The average Bonchev–Trinajstić information content (AvgIpc) is 2.37. The fourth-order valence-electron chi connectivity index (χ4n) is 2.13. The molecule has 0 atom stereocenters. The van der Waals surface area contributed by atoms with E-state index in [0.717, 1.165) is 12.8 Å². The molecule has 1 aliphatic heterocycles. The summed E-state index contributed by atoms with van der Waals surface area (Å²) in [4.78, 5) is 11.3. The molecular weight excluding hydrogens is 224 g/mol. The molecule has 1 rings (SSSR count). The summed E-state index contributed by atoms with van der Waals surface area (Å²) in [6, 6.07) is 0. The fourth-order valence-corrected chi connectivity index (χ4v) is 2.13. The van der Waals surface area contributed by atoms with Crippen LogP contribution in [0.25, 0.3) is 0 Å². The van der Waals surface area contributed by atoms with E-state index in [1.54, 1.807) is 6.08 Å². The summed E-state index contributed by atoms with van der Waals surface area (Å²) in [6.45, 7) is 0.562. The topological polar surface area (TPSA) is 26.3 Å². The molecule has 0 aromatic carbocycles. The summed E-state index contributed by atoms with van der Waals surface area (Å²) >= 11 is 0. The molecule has 0 saturated heterocycles. The van der Waals surface area contributed by atoms with Gasteiger partial charge in [-0.25, -0.2) is 4.79 Å². The van der Waals surface area contributed by atoms with Crippen molar-refractivity contribution in [2.24, 2.45) is 0 Å². The molecule has 2 nitrogen and oxygen atoms in total. The first kappa shape index (κ1) is 15.0. The van der Waals surface area contributed by atoms with E-state index in [0.29, 0.717) is 6.61 Å². The number of ether oxygens (including phenoxy) is 1. The zero-order valence-electron chi connectivity index (χ0n) is 11.4. The fraction of sp³-hybridized carbons (Fsp3) is 0.688. The van der Waals surface area contributed by atoms with E-state index in [1.165, 1.54) is 57.4 Å². The van der Waals surface area contributed by atoms with Gasteiger partial charge in [0.15, 0.2) is 0 Å². The Morgan fingerprint density at radius 3 is 2.11 bits per heavy atom. The summed E-state index contributed by atoms with van der Waals surface area (Å²) in [5.41, 5.74) is 0. The van der Waals surface area contributed by atoms with Crippen molar-refractivity contribution in [3.8, 4) is 0 Å². The number of cyclic esters (lactones) is 1. The maximum atomic E-state index is 11.3. The highest BCUT2D eigenvalue weighted by Crippen LogP contribution is 2.11. The molecule has 2 heteroatoms. The Morgan fingerprint density at radius 2 is 1.39 bits per heavy atom. The van der Waals surface area contributed by atoms with Crippen molar-refractivity contribution in [2.45, 2.75) is 64.2 Å². The van der Waals surface area contributed by atoms with E-state index in [1.807, 2.05) is 6.08 Å². The Labute approximate surface area is 111 Å². The molecule has 0 aromatic heterocycles. The van der Waals surface area contributed by atoms with Crippen LogP contribution >= 0.6 is 0 Å². The quantitative estimate of drug-likeness (QED) is 0.589. The minimum Gasteiger partial charge on any atom is -0.463 e. The zero-order valence-corrected chi connectivity index (χ0v) is 11.4. The van der Waals surface area contributed by atoms with Gasteiger partial charge < -0.3 is 4.74 Å². The number of allylic oxidation sites excluding steroid dienone is 3. The van der Waals surface area contributed by atoms with Crippen LogP contribution in [-0.2, 0) is 9.53 Å². The van der Waals surface area contributed by atoms with Gasteiger partial charge in [-0.3, -0.25) is 0 Å². The van der Waals surface area contributed by atoms with E-state index >= 15 is 0 Å². The van der Waals surface area contributed by atoms with Crippen molar-refractivity contribution in [3.63, 3.8) is 0 Å². The molecule has 0 aromatic rings. The van der Waals surface area contributed by atoms with Gasteiger partial charge in [0.1, 0.15) is 0 Å². The summed E-state index contributed by atoms with van der Waals surface area (Å²) < 4.78 is 5.11. The van der Waals surface area contributed by atoms with Crippen molar-refractivity contribution >= 4 is 5.97 Å². The van der Waals surface area contributed by atoms with Crippen LogP contribution in [-0.4, -0.2) is 12.6 Å². The van der Waals surface area contributed by atoms with Gasteiger partial charge in [0, 0.05) is 6.08 Å². The molecule has 18 heavy (non-hydrogen) atoms. The van der Waals surface area contributed by atoms with Crippen molar-refractivity contribution in [3.05, 3.63) is 24.3 Å².